The zero-order chi connectivity index (χ0) is 22.8. The summed E-state index contributed by atoms with van der Waals surface area (Å²) in [5, 5.41) is 7.37. The van der Waals surface area contributed by atoms with Gasteiger partial charge in [0.1, 0.15) is 11.5 Å². The number of fused-ring (bicyclic) bond motifs is 1. The van der Waals surface area contributed by atoms with Crippen LogP contribution in [0.1, 0.15) is 30.2 Å². The first-order valence-corrected chi connectivity index (χ1v) is 10.1. The Morgan fingerprint density at radius 3 is 2.81 bits per heavy atom. The van der Waals surface area contributed by atoms with Crippen LogP contribution in [0.15, 0.2) is 53.3 Å². The zero-order valence-corrected chi connectivity index (χ0v) is 17.9. The lowest BCUT2D eigenvalue weighted by Crippen LogP contribution is -2.21. The number of nitrogens with zero attached hydrogens (tertiary/aromatic N) is 3. The summed E-state index contributed by atoms with van der Waals surface area (Å²) in [5.74, 6) is -1.66. The molecule has 0 bridgehead atoms. The van der Waals surface area contributed by atoms with Crippen molar-refractivity contribution in [2.75, 3.05) is 11.9 Å². The quantitative estimate of drug-likeness (QED) is 0.416. The van der Waals surface area contributed by atoms with Crippen molar-refractivity contribution >= 4 is 40.2 Å². The molecule has 164 valence electrons. The Kier molecular flexibility index (Phi) is 5.91. The molecule has 0 radical (unpaired) electrons. The normalized spacial score (nSPS) is 11.2. The molecule has 0 aliphatic carbocycles. The third-order valence-corrected chi connectivity index (χ3v) is 4.82. The molecule has 3 heterocycles. The number of aromatic nitrogens is 3. The van der Waals surface area contributed by atoms with E-state index in [2.05, 4.69) is 15.4 Å². The van der Waals surface area contributed by atoms with Crippen LogP contribution in [0.2, 0.25) is 5.02 Å². The van der Waals surface area contributed by atoms with Crippen molar-refractivity contribution in [3.63, 3.8) is 0 Å². The van der Waals surface area contributed by atoms with Crippen molar-refractivity contribution in [3.05, 3.63) is 65.3 Å². The Balaban J connectivity index is 1.59. The predicted octanol–water partition coefficient (Wildman–Crippen LogP) is 4.86. The Morgan fingerprint density at radius 2 is 2.09 bits per heavy atom. The predicted molar refractivity (Wildman–Crippen MR) is 116 cm³/mol. The van der Waals surface area contributed by atoms with Gasteiger partial charge in [0.2, 0.25) is 0 Å². The molecule has 0 saturated heterocycles. The van der Waals surface area contributed by atoms with Crippen molar-refractivity contribution in [2.45, 2.75) is 19.9 Å². The number of esters is 1. The van der Waals surface area contributed by atoms with Gasteiger partial charge in [0.05, 0.1) is 29.1 Å². The molecular weight excluding hydrogens is 439 g/mol. The maximum absolute atomic E-state index is 13.8. The van der Waals surface area contributed by atoms with Crippen molar-refractivity contribution in [2.24, 2.45) is 0 Å². The van der Waals surface area contributed by atoms with Crippen LogP contribution in [0.3, 0.4) is 0 Å². The standard InChI is InChI=1S/C22H18ClFN4O4/c1-12(2)28-21-15(10-25-28)14(9-18(27-21)19-4-3-7-31-19)22(30)32-11-20(29)26-17-8-13(23)5-6-16(17)24/h3-10,12H,11H2,1-2H3,(H,26,29). The molecule has 4 rings (SSSR count). The SMILES string of the molecule is CC(C)n1ncc2c(C(=O)OCC(=O)Nc3cc(Cl)ccc3F)cc(-c3ccco3)nc21. The number of halogens is 2. The summed E-state index contributed by atoms with van der Waals surface area (Å²) in [5.41, 5.74) is 0.965. The van der Waals surface area contributed by atoms with E-state index in [0.29, 0.717) is 22.5 Å². The third kappa shape index (κ3) is 4.33. The minimum atomic E-state index is -0.754. The second-order valence-electron chi connectivity index (χ2n) is 7.20. The smallest absolute Gasteiger partial charge is 0.339 e. The summed E-state index contributed by atoms with van der Waals surface area (Å²) in [4.78, 5) is 29.6. The fourth-order valence-electron chi connectivity index (χ4n) is 3.10. The molecule has 0 fully saturated rings. The Bertz CT molecular complexity index is 1300. The van der Waals surface area contributed by atoms with Gasteiger partial charge in [-0.2, -0.15) is 5.10 Å². The van der Waals surface area contributed by atoms with Crippen LogP contribution < -0.4 is 5.32 Å². The number of hydrogen-bond donors (Lipinski definition) is 1. The van der Waals surface area contributed by atoms with Crippen LogP contribution in [-0.4, -0.2) is 33.2 Å². The summed E-state index contributed by atoms with van der Waals surface area (Å²) in [6.45, 7) is 3.25. The molecule has 1 amide bonds. The molecule has 3 aromatic heterocycles. The first kappa shape index (κ1) is 21.5. The van der Waals surface area contributed by atoms with E-state index in [1.54, 1.807) is 16.8 Å². The lowest BCUT2D eigenvalue weighted by atomic mass is 10.1. The molecule has 4 aromatic rings. The van der Waals surface area contributed by atoms with Crippen molar-refractivity contribution in [1.29, 1.82) is 0 Å². The largest absolute Gasteiger partial charge is 0.463 e. The minimum Gasteiger partial charge on any atom is -0.463 e. The number of benzene rings is 1. The van der Waals surface area contributed by atoms with Crippen LogP contribution in [0.5, 0.6) is 0 Å². The molecule has 10 heteroatoms. The molecule has 1 N–H and O–H groups in total. The molecule has 0 aliphatic rings. The fraction of sp³-hybridized carbons (Fsp3) is 0.182. The van der Waals surface area contributed by atoms with E-state index in [4.69, 9.17) is 20.8 Å². The van der Waals surface area contributed by atoms with Crippen LogP contribution in [0, 0.1) is 5.82 Å². The van der Waals surface area contributed by atoms with Gasteiger partial charge in [-0.05, 0) is 50.2 Å². The molecule has 1 aromatic carbocycles. The number of ether oxygens (including phenoxy) is 1. The number of anilines is 1. The van der Waals surface area contributed by atoms with Gasteiger partial charge < -0.3 is 14.5 Å². The van der Waals surface area contributed by atoms with E-state index in [1.807, 2.05) is 13.8 Å². The second-order valence-corrected chi connectivity index (χ2v) is 7.64. The maximum Gasteiger partial charge on any atom is 0.339 e. The minimum absolute atomic E-state index is 0.00547. The van der Waals surface area contributed by atoms with E-state index in [9.17, 15) is 14.0 Å². The van der Waals surface area contributed by atoms with Gasteiger partial charge in [0, 0.05) is 11.1 Å². The number of amides is 1. The summed E-state index contributed by atoms with van der Waals surface area (Å²) in [6.07, 6.45) is 3.02. The highest BCUT2D eigenvalue weighted by Crippen LogP contribution is 2.27. The lowest BCUT2D eigenvalue weighted by Gasteiger charge is -2.10. The molecule has 32 heavy (non-hydrogen) atoms. The highest BCUT2D eigenvalue weighted by atomic mass is 35.5. The molecule has 0 spiro atoms. The number of rotatable bonds is 6. The molecule has 0 unspecified atom stereocenters. The van der Waals surface area contributed by atoms with Gasteiger partial charge in [-0.15, -0.1) is 0 Å². The van der Waals surface area contributed by atoms with Gasteiger partial charge in [-0.25, -0.2) is 18.9 Å². The third-order valence-electron chi connectivity index (χ3n) is 4.59. The van der Waals surface area contributed by atoms with E-state index < -0.39 is 24.3 Å². The van der Waals surface area contributed by atoms with E-state index in [-0.39, 0.29) is 22.3 Å². The summed E-state index contributed by atoms with van der Waals surface area (Å²) in [7, 11) is 0. The topological polar surface area (TPSA) is 99.2 Å². The first-order chi connectivity index (χ1) is 15.3. The first-order valence-electron chi connectivity index (χ1n) is 9.67. The highest BCUT2D eigenvalue weighted by molar-refractivity contribution is 6.30. The molecule has 8 nitrogen and oxygen atoms in total. The van der Waals surface area contributed by atoms with Crippen molar-refractivity contribution in [1.82, 2.24) is 14.8 Å². The maximum atomic E-state index is 13.8. The van der Waals surface area contributed by atoms with Crippen molar-refractivity contribution in [3.8, 4) is 11.5 Å². The Labute approximate surface area is 186 Å². The molecule has 0 atom stereocenters. The molecule has 0 saturated carbocycles. The van der Waals surface area contributed by atoms with Gasteiger partial charge in [-0.3, -0.25) is 4.79 Å². The number of furan rings is 1. The van der Waals surface area contributed by atoms with Gasteiger partial charge >= 0.3 is 5.97 Å². The number of hydrogen-bond acceptors (Lipinski definition) is 6. The van der Waals surface area contributed by atoms with Gasteiger partial charge in [0.25, 0.3) is 5.91 Å². The van der Waals surface area contributed by atoms with Crippen molar-refractivity contribution < 1.29 is 23.1 Å². The average molecular weight is 457 g/mol. The highest BCUT2D eigenvalue weighted by Gasteiger charge is 2.21. The zero-order valence-electron chi connectivity index (χ0n) is 17.1. The summed E-state index contributed by atoms with van der Waals surface area (Å²) >= 11 is 5.82. The summed E-state index contributed by atoms with van der Waals surface area (Å²) < 4.78 is 26.1. The van der Waals surface area contributed by atoms with E-state index >= 15 is 0 Å². The Morgan fingerprint density at radius 1 is 1.28 bits per heavy atom. The van der Waals surface area contributed by atoms with Gasteiger partial charge in [0.15, 0.2) is 18.0 Å². The van der Waals surface area contributed by atoms with Gasteiger partial charge in [-0.1, -0.05) is 11.6 Å². The number of carbonyl (C=O) groups excluding carboxylic acids is 2. The van der Waals surface area contributed by atoms with Crippen LogP contribution >= 0.6 is 11.6 Å². The van der Waals surface area contributed by atoms with Crippen LogP contribution in [-0.2, 0) is 9.53 Å². The van der Waals surface area contributed by atoms with E-state index in [0.717, 1.165) is 6.07 Å². The van der Waals surface area contributed by atoms with Crippen LogP contribution in [0.25, 0.3) is 22.5 Å². The summed E-state index contributed by atoms with van der Waals surface area (Å²) in [6, 6.07) is 8.68. The molecule has 0 aliphatic heterocycles. The fourth-order valence-corrected chi connectivity index (χ4v) is 3.28. The van der Waals surface area contributed by atoms with E-state index in [1.165, 1.54) is 30.7 Å². The Hall–Kier alpha value is -3.72. The lowest BCUT2D eigenvalue weighted by molar-refractivity contribution is -0.119. The average Bonchev–Trinajstić information content (AvgIpc) is 3.43. The molecular formula is C22H18ClFN4O4. The van der Waals surface area contributed by atoms with Crippen LogP contribution in [0.4, 0.5) is 10.1 Å². The number of pyridine rings is 1. The second kappa shape index (κ2) is 8.80. The number of nitrogens with one attached hydrogen (secondary N) is 1. The number of carbonyl (C=O) groups is 2. The monoisotopic (exact) mass is 456 g/mol.